The van der Waals surface area contributed by atoms with Crippen molar-refractivity contribution in [3.8, 4) is 0 Å². The summed E-state index contributed by atoms with van der Waals surface area (Å²) < 4.78 is 0. The predicted octanol–water partition coefficient (Wildman–Crippen LogP) is 2.59. The van der Waals surface area contributed by atoms with E-state index in [-0.39, 0.29) is 36.5 Å². The molecule has 2 atom stereocenters. The fourth-order valence-corrected chi connectivity index (χ4v) is 1.93. The summed E-state index contributed by atoms with van der Waals surface area (Å²) in [6.45, 7) is 0. The van der Waals surface area contributed by atoms with Gasteiger partial charge in [0.2, 0.25) is 0 Å². The second kappa shape index (κ2) is 4.08. The minimum Gasteiger partial charge on any atom is -0.325 e. The van der Waals surface area contributed by atoms with Crippen LogP contribution >= 0.6 is 17.0 Å². The monoisotopic (exact) mass is 239 g/mol. The summed E-state index contributed by atoms with van der Waals surface area (Å²) in [6, 6.07) is 0. The van der Waals surface area contributed by atoms with E-state index in [2.05, 4.69) is 6.42 Å². The van der Waals surface area contributed by atoms with Crippen LogP contribution in [0.15, 0.2) is 0 Å². The Morgan fingerprint density at radius 3 is 2.11 bits per heavy atom. The van der Waals surface area contributed by atoms with Crippen LogP contribution in [0.2, 0.25) is 0 Å². The molecule has 0 heterocycles. The normalized spacial score (nSPS) is 37.3. The summed E-state index contributed by atoms with van der Waals surface area (Å²) in [6.07, 6.45) is 8.50. The van der Waals surface area contributed by atoms with Gasteiger partial charge in [0.1, 0.15) is 0 Å². The SMILES string of the molecule is Br.[CH-]1C[C@@H]2CC[C@H]1C2.[Zn]. The van der Waals surface area contributed by atoms with Gasteiger partial charge in [-0.25, -0.2) is 0 Å². The van der Waals surface area contributed by atoms with E-state index in [1.807, 2.05) is 0 Å². The molecule has 2 saturated carbocycles. The number of fused-ring (bicyclic) bond motifs is 2. The first-order chi connectivity index (χ1) is 3.45. The van der Waals surface area contributed by atoms with Gasteiger partial charge in [-0.05, 0) is 0 Å². The van der Waals surface area contributed by atoms with Crippen molar-refractivity contribution in [1.82, 2.24) is 0 Å². The average molecular weight is 241 g/mol. The van der Waals surface area contributed by atoms with Crippen molar-refractivity contribution in [2.24, 2.45) is 11.8 Å². The van der Waals surface area contributed by atoms with Gasteiger partial charge in [-0.1, -0.05) is 25.2 Å². The Hall–Kier alpha value is 1.10. The van der Waals surface area contributed by atoms with Gasteiger partial charge in [-0.15, -0.1) is 17.0 Å². The molecule has 0 aromatic carbocycles. The maximum atomic E-state index is 2.51. The Morgan fingerprint density at radius 2 is 2.00 bits per heavy atom. The second-order valence-corrected chi connectivity index (χ2v) is 2.91. The van der Waals surface area contributed by atoms with E-state index >= 15 is 0 Å². The molecule has 2 bridgehead atoms. The van der Waals surface area contributed by atoms with Gasteiger partial charge in [0.15, 0.2) is 0 Å². The van der Waals surface area contributed by atoms with Gasteiger partial charge in [0.05, 0.1) is 0 Å². The minimum atomic E-state index is 0. The van der Waals surface area contributed by atoms with Crippen LogP contribution in [0.1, 0.15) is 25.7 Å². The summed E-state index contributed by atoms with van der Waals surface area (Å²) in [5, 5.41) is 0. The van der Waals surface area contributed by atoms with E-state index in [1.165, 1.54) is 25.7 Å². The van der Waals surface area contributed by atoms with Gasteiger partial charge in [-0.2, -0.15) is 12.3 Å². The molecule has 2 rings (SSSR count). The molecule has 0 saturated heterocycles. The van der Waals surface area contributed by atoms with Crippen molar-refractivity contribution in [3.63, 3.8) is 0 Å². The van der Waals surface area contributed by atoms with Crippen molar-refractivity contribution in [2.75, 3.05) is 0 Å². The van der Waals surface area contributed by atoms with Gasteiger partial charge < -0.3 is 6.42 Å². The maximum absolute atomic E-state index is 2.51. The summed E-state index contributed by atoms with van der Waals surface area (Å²) in [5.74, 6) is 2.16. The quantitative estimate of drug-likeness (QED) is 0.452. The Morgan fingerprint density at radius 1 is 1.22 bits per heavy atom. The Kier molecular flexibility index (Phi) is 4.58. The second-order valence-electron chi connectivity index (χ2n) is 2.91. The molecule has 2 aliphatic rings. The molecular weight excluding hydrogens is 229 g/mol. The van der Waals surface area contributed by atoms with Crippen LogP contribution in [-0.2, 0) is 19.5 Å². The van der Waals surface area contributed by atoms with Crippen LogP contribution in [0.25, 0.3) is 0 Å². The molecular formula is C7H12BrZn-. The van der Waals surface area contributed by atoms with Crippen LogP contribution in [0, 0.1) is 18.3 Å². The molecule has 0 unspecified atom stereocenters. The Bertz CT molecular complexity index is 67.0. The number of rotatable bonds is 0. The fraction of sp³-hybridized carbons (Fsp3) is 0.857. The first kappa shape index (κ1) is 10.1. The first-order valence-electron chi connectivity index (χ1n) is 3.28. The maximum Gasteiger partial charge on any atom is 0 e. The number of hydrogen-bond donors (Lipinski definition) is 0. The summed E-state index contributed by atoms with van der Waals surface area (Å²) in [5.41, 5.74) is 0. The van der Waals surface area contributed by atoms with E-state index in [0.29, 0.717) is 0 Å². The van der Waals surface area contributed by atoms with Crippen molar-refractivity contribution in [2.45, 2.75) is 25.7 Å². The molecule has 0 nitrogen and oxygen atoms in total. The Labute approximate surface area is 80.3 Å². The van der Waals surface area contributed by atoms with E-state index < -0.39 is 0 Å². The van der Waals surface area contributed by atoms with Crippen molar-refractivity contribution in [3.05, 3.63) is 6.42 Å². The largest absolute Gasteiger partial charge is 0.325 e. The standard InChI is InChI=1S/C7H11.BrH.Zn/c1-2-7-4-3-6(1)5-7;;/h1,6-7H,2-5H2;1H;/q-1;;/t6-,7+;;/m0../s1. The topological polar surface area (TPSA) is 0 Å². The van der Waals surface area contributed by atoms with Crippen molar-refractivity contribution >= 4 is 17.0 Å². The zero-order valence-corrected chi connectivity index (χ0v) is 10.4. The van der Waals surface area contributed by atoms with Gasteiger partial charge in [0, 0.05) is 19.5 Å². The fourth-order valence-electron chi connectivity index (χ4n) is 1.93. The smallest absolute Gasteiger partial charge is 0 e. The van der Waals surface area contributed by atoms with Gasteiger partial charge in [0.25, 0.3) is 0 Å². The van der Waals surface area contributed by atoms with Gasteiger partial charge in [-0.3, -0.25) is 0 Å². The van der Waals surface area contributed by atoms with Crippen molar-refractivity contribution < 1.29 is 19.5 Å². The third-order valence-electron chi connectivity index (χ3n) is 2.38. The third-order valence-corrected chi connectivity index (χ3v) is 2.38. The molecule has 0 amide bonds. The van der Waals surface area contributed by atoms with Crippen LogP contribution < -0.4 is 0 Å². The van der Waals surface area contributed by atoms with E-state index in [9.17, 15) is 0 Å². The van der Waals surface area contributed by atoms with Gasteiger partial charge >= 0.3 is 0 Å². The average Bonchev–Trinajstić information content (AvgIpc) is 2.22. The zero-order valence-electron chi connectivity index (χ0n) is 5.68. The molecule has 0 N–H and O–H groups in total. The predicted molar refractivity (Wildman–Crippen MR) is 40.1 cm³/mol. The molecule has 0 aromatic heterocycles. The van der Waals surface area contributed by atoms with E-state index in [4.69, 9.17) is 0 Å². The molecule has 2 heteroatoms. The third kappa shape index (κ3) is 2.01. The zero-order chi connectivity index (χ0) is 4.69. The van der Waals surface area contributed by atoms with E-state index in [0.717, 1.165) is 11.8 Å². The van der Waals surface area contributed by atoms with Crippen LogP contribution in [0.4, 0.5) is 0 Å². The molecule has 0 radical (unpaired) electrons. The molecule has 50 valence electrons. The summed E-state index contributed by atoms with van der Waals surface area (Å²) in [4.78, 5) is 0. The van der Waals surface area contributed by atoms with Crippen molar-refractivity contribution in [1.29, 1.82) is 0 Å². The molecule has 0 spiro atoms. The molecule has 0 aromatic rings. The summed E-state index contributed by atoms with van der Waals surface area (Å²) >= 11 is 0. The van der Waals surface area contributed by atoms with Crippen LogP contribution in [0.3, 0.4) is 0 Å². The molecule has 2 fully saturated rings. The summed E-state index contributed by atoms with van der Waals surface area (Å²) in [7, 11) is 0. The number of hydrogen-bond acceptors (Lipinski definition) is 0. The molecule has 0 aliphatic heterocycles. The minimum absolute atomic E-state index is 0. The number of halogens is 1. The Balaban J connectivity index is 0.000000320. The molecule has 9 heavy (non-hydrogen) atoms. The first-order valence-corrected chi connectivity index (χ1v) is 3.28. The van der Waals surface area contributed by atoms with Crippen LogP contribution in [0.5, 0.6) is 0 Å². The van der Waals surface area contributed by atoms with E-state index in [1.54, 1.807) is 0 Å². The van der Waals surface area contributed by atoms with Crippen LogP contribution in [-0.4, -0.2) is 0 Å². The molecule has 2 aliphatic carbocycles.